The van der Waals surface area contributed by atoms with E-state index in [0.717, 1.165) is 18.4 Å². The predicted octanol–water partition coefficient (Wildman–Crippen LogP) is 4.05. The summed E-state index contributed by atoms with van der Waals surface area (Å²) in [6.45, 7) is 6.36. The zero-order chi connectivity index (χ0) is 11.8. The standard InChI is InChI=1S/C14H19FO/c1-14(2,3)10-7-8-12(15)13(9-10)16-11-5-4-6-11/h7-9,11H,4-6H2,1-3H3. The highest BCUT2D eigenvalue weighted by Crippen LogP contribution is 2.31. The van der Waals surface area contributed by atoms with Gasteiger partial charge in [-0.2, -0.15) is 0 Å². The van der Waals surface area contributed by atoms with Crippen molar-refractivity contribution in [2.24, 2.45) is 0 Å². The summed E-state index contributed by atoms with van der Waals surface area (Å²) in [7, 11) is 0. The Hall–Kier alpha value is -1.05. The molecule has 1 aromatic rings. The molecule has 0 aliphatic heterocycles. The normalized spacial score (nSPS) is 17.0. The lowest BCUT2D eigenvalue weighted by Gasteiger charge is -2.27. The number of hydrogen-bond acceptors (Lipinski definition) is 1. The molecular formula is C14H19FO. The Morgan fingerprint density at radius 3 is 2.44 bits per heavy atom. The minimum absolute atomic E-state index is 0.0332. The summed E-state index contributed by atoms with van der Waals surface area (Å²) >= 11 is 0. The van der Waals surface area contributed by atoms with E-state index in [1.54, 1.807) is 0 Å². The molecule has 1 aliphatic carbocycles. The van der Waals surface area contributed by atoms with E-state index >= 15 is 0 Å². The van der Waals surface area contributed by atoms with Gasteiger partial charge in [-0.3, -0.25) is 0 Å². The first-order valence-electron chi connectivity index (χ1n) is 5.93. The molecule has 0 N–H and O–H groups in total. The molecule has 2 rings (SSSR count). The zero-order valence-corrected chi connectivity index (χ0v) is 10.2. The molecule has 1 aliphatic rings. The molecule has 1 saturated carbocycles. The van der Waals surface area contributed by atoms with E-state index in [1.807, 2.05) is 12.1 Å². The van der Waals surface area contributed by atoms with Crippen LogP contribution in [-0.2, 0) is 5.41 Å². The Balaban J connectivity index is 2.21. The van der Waals surface area contributed by atoms with Gasteiger partial charge in [-0.1, -0.05) is 26.8 Å². The lowest BCUT2D eigenvalue weighted by molar-refractivity contribution is 0.115. The SMILES string of the molecule is CC(C)(C)c1ccc(F)c(OC2CCC2)c1. The van der Waals surface area contributed by atoms with Crippen molar-refractivity contribution in [3.8, 4) is 5.75 Å². The topological polar surface area (TPSA) is 9.23 Å². The van der Waals surface area contributed by atoms with Crippen LogP contribution in [-0.4, -0.2) is 6.10 Å². The maximum Gasteiger partial charge on any atom is 0.165 e. The van der Waals surface area contributed by atoms with Gasteiger partial charge >= 0.3 is 0 Å². The monoisotopic (exact) mass is 222 g/mol. The van der Waals surface area contributed by atoms with Crippen LogP contribution in [0.5, 0.6) is 5.75 Å². The van der Waals surface area contributed by atoms with Crippen LogP contribution in [0.25, 0.3) is 0 Å². The van der Waals surface area contributed by atoms with Gasteiger partial charge < -0.3 is 4.74 Å². The molecule has 0 unspecified atom stereocenters. The average Bonchev–Trinajstić information content (AvgIpc) is 2.11. The third kappa shape index (κ3) is 2.37. The largest absolute Gasteiger partial charge is 0.487 e. The number of hydrogen-bond donors (Lipinski definition) is 0. The molecule has 88 valence electrons. The maximum atomic E-state index is 13.6. The molecule has 1 fully saturated rings. The summed E-state index contributed by atoms with van der Waals surface area (Å²) in [6.07, 6.45) is 3.54. The Morgan fingerprint density at radius 1 is 1.25 bits per heavy atom. The highest BCUT2D eigenvalue weighted by molar-refractivity contribution is 5.34. The fourth-order valence-corrected chi connectivity index (χ4v) is 1.73. The summed E-state index contributed by atoms with van der Waals surface area (Å²) in [5, 5.41) is 0. The van der Waals surface area contributed by atoms with Crippen molar-refractivity contribution >= 4 is 0 Å². The van der Waals surface area contributed by atoms with Crippen molar-refractivity contribution in [3.63, 3.8) is 0 Å². The van der Waals surface area contributed by atoms with E-state index in [2.05, 4.69) is 20.8 Å². The number of ether oxygens (including phenoxy) is 1. The molecule has 0 saturated heterocycles. The minimum atomic E-state index is -0.250. The molecule has 1 nitrogen and oxygen atoms in total. The fraction of sp³-hybridized carbons (Fsp3) is 0.571. The fourth-order valence-electron chi connectivity index (χ4n) is 1.73. The van der Waals surface area contributed by atoms with Crippen LogP contribution in [0, 0.1) is 5.82 Å². The molecular weight excluding hydrogens is 203 g/mol. The molecule has 0 amide bonds. The van der Waals surface area contributed by atoms with Crippen LogP contribution in [0.4, 0.5) is 4.39 Å². The molecule has 16 heavy (non-hydrogen) atoms. The van der Waals surface area contributed by atoms with Crippen molar-refractivity contribution in [2.75, 3.05) is 0 Å². The quantitative estimate of drug-likeness (QED) is 0.733. The second-order valence-corrected chi connectivity index (χ2v) is 5.57. The first-order chi connectivity index (χ1) is 7.47. The van der Waals surface area contributed by atoms with E-state index in [1.165, 1.54) is 12.5 Å². The third-order valence-corrected chi connectivity index (χ3v) is 3.14. The molecule has 0 bridgehead atoms. The molecule has 0 heterocycles. The van der Waals surface area contributed by atoms with Crippen LogP contribution in [0.1, 0.15) is 45.6 Å². The summed E-state index contributed by atoms with van der Waals surface area (Å²) < 4.78 is 19.2. The van der Waals surface area contributed by atoms with Gasteiger partial charge in [0.2, 0.25) is 0 Å². The van der Waals surface area contributed by atoms with E-state index in [0.29, 0.717) is 5.75 Å². The van der Waals surface area contributed by atoms with Gasteiger partial charge in [0.1, 0.15) is 0 Å². The van der Waals surface area contributed by atoms with Crippen molar-refractivity contribution < 1.29 is 9.13 Å². The van der Waals surface area contributed by atoms with Crippen molar-refractivity contribution in [3.05, 3.63) is 29.6 Å². The summed E-state index contributed by atoms with van der Waals surface area (Å²) in [5.41, 5.74) is 1.15. The molecule has 0 aromatic heterocycles. The first-order valence-corrected chi connectivity index (χ1v) is 5.93. The minimum Gasteiger partial charge on any atom is -0.487 e. The van der Waals surface area contributed by atoms with E-state index in [-0.39, 0.29) is 17.3 Å². The Bertz CT molecular complexity index is 375. The highest BCUT2D eigenvalue weighted by atomic mass is 19.1. The van der Waals surface area contributed by atoms with E-state index in [4.69, 9.17) is 4.74 Å². The van der Waals surface area contributed by atoms with Gasteiger partial charge in [0.05, 0.1) is 6.10 Å². The van der Waals surface area contributed by atoms with Gasteiger partial charge in [0.15, 0.2) is 11.6 Å². The second kappa shape index (κ2) is 4.08. The van der Waals surface area contributed by atoms with Gasteiger partial charge in [-0.15, -0.1) is 0 Å². The van der Waals surface area contributed by atoms with Crippen molar-refractivity contribution in [1.29, 1.82) is 0 Å². The number of halogens is 1. The van der Waals surface area contributed by atoms with Crippen LogP contribution in [0.2, 0.25) is 0 Å². The van der Waals surface area contributed by atoms with E-state index in [9.17, 15) is 4.39 Å². The summed E-state index contributed by atoms with van der Waals surface area (Å²) in [6, 6.07) is 5.19. The third-order valence-electron chi connectivity index (χ3n) is 3.14. The van der Waals surface area contributed by atoms with Gasteiger partial charge in [-0.25, -0.2) is 4.39 Å². The molecule has 0 atom stereocenters. The lowest BCUT2D eigenvalue weighted by atomic mass is 9.87. The Morgan fingerprint density at radius 2 is 1.94 bits per heavy atom. The van der Waals surface area contributed by atoms with Crippen LogP contribution >= 0.6 is 0 Å². The van der Waals surface area contributed by atoms with Crippen molar-refractivity contribution in [2.45, 2.75) is 51.6 Å². The lowest BCUT2D eigenvalue weighted by Crippen LogP contribution is -2.25. The smallest absolute Gasteiger partial charge is 0.165 e. The maximum absolute atomic E-state index is 13.6. The Labute approximate surface area is 96.6 Å². The van der Waals surface area contributed by atoms with Crippen LogP contribution < -0.4 is 4.74 Å². The molecule has 1 aromatic carbocycles. The summed E-state index contributed by atoms with van der Waals surface area (Å²) in [5.74, 6) is 0.164. The second-order valence-electron chi connectivity index (χ2n) is 5.57. The molecule has 2 heteroatoms. The average molecular weight is 222 g/mol. The van der Waals surface area contributed by atoms with Gasteiger partial charge in [0, 0.05) is 0 Å². The van der Waals surface area contributed by atoms with Gasteiger partial charge in [-0.05, 0) is 42.4 Å². The number of rotatable bonds is 2. The first kappa shape index (κ1) is 11.4. The number of benzene rings is 1. The highest BCUT2D eigenvalue weighted by Gasteiger charge is 2.22. The summed E-state index contributed by atoms with van der Waals surface area (Å²) in [4.78, 5) is 0. The van der Waals surface area contributed by atoms with E-state index < -0.39 is 0 Å². The predicted molar refractivity (Wildman–Crippen MR) is 63.4 cm³/mol. The van der Waals surface area contributed by atoms with Crippen molar-refractivity contribution in [1.82, 2.24) is 0 Å². The van der Waals surface area contributed by atoms with Gasteiger partial charge in [0.25, 0.3) is 0 Å². The zero-order valence-electron chi connectivity index (χ0n) is 10.2. The van der Waals surface area contributed by atoms with Crippen LogP contribution in [0.15, 0.2) is 18.2 Å². The Kier molecular flexibility index (Phi) is 2.92. The molecule has 0 radical (unpaired) electrons. The molecule has 0 spiro atoms. The van der Waals surface area contributed by atoms with Crippen LogP contribution in [0.3, 0.4) is 0 Å².